The number of non-ortho nitro benzene ring substituents is 1. The molecule has 1 atom stereocenters. The summed E-state index contributed by atoms with van der Waals surface area (Å²) in [6, 6.07) is 10.5. The third-order valence-corrected chi connectivity index (χ3v) is 6.69. The number of aryl methyl sites for hydroxylation is 1. The van der Waals surface area contributed by atoms with Gasteiger partial charge < -0.3 is 5.32 Å². The molecule has 1 heterocycles. The number of benzene rings is 2. The molecular weight excluding hydrogens is 413 g/mol. The van der Waals surface area contributed by atoms with Crippen molar-refractivity contribution in [1.29, 1.82) is 0 Å². The summed E-state index contributed by atoms with van der Waals surface area (Å²) >= 11 is 6.06. The van der Waals surface area contributed by atoms with Gasteiger partial charge in [0.25, 0.3) is 5.69 Å². The van der Waals surface area contributed by atoms with E-state index in [2.05, 4.69) is 5.32 Å². The molecule has 27 heavy (non-hydrogen) atoms. The predicted molar refractivity (Wildman–Crippen MR) is 106 cm³/mol. The fraction of sp³-hybridized carbons (Fsp3) is 0.294. The van der Waals surface area contributed by atoms with Gasteiger partial charge in [0.15, 0.2) is 0 Å². The summed E-state index contributed by atoms with van der Waals surface area (Å²) in [6.07, 6.45) is 0. The van der Waals surface area contributed by atoms with Gasteiger partial charge in [0, 0.05) is 36.8 Å². The van der Waals surface area contributed by atoms with E-state index in [1.807, 2.05) is 6.07 Å². The fourth-order valence-corrected chi connectivity index (χ4v) is 5.15. The van der Waals surface area contributed by atoms with Crippen molar-refractivity contribution in [3.63, 3.8) is 0 Å². The summed E-state index contributed by atoms with van der Waals surface area (Å²) in [5.74, 6) is 0. The van der Waals surface area contributed by atoms with Crippen molar-refractivity contribution in [2.75, 3.05) is 19.6 Å². The smallest absolute Gasteiger partial charge is 0.269 e. The Morgan fingerprint density at radius 2 is 2.00 bits per heavy atom. The van der Waals surface area contributed by atoms with E-state index in [9.17, 15) is 18.5 Å². The summed E-state index contributed by atoms with van der Waals surface area (Å²) < 4.78 is 27.9. The van der Waals surface area contributed by atoms with Crippen LogP contribution in [0.25, 0.3) is 0 Å². The first-order valence-corrected chi connectivity index (χ1v) is 9.85. The molecular formula is C17H19Cl2N3O4S. The minimum absolute atomic E-state index is 0. The Morgan fingerprint density at radius 1 is 1.26 bits per heavy atom. The highest BCUT2D eigenvalue weighted by atomic mass is 35.5. The Labute approximate surface area is 168 Å². The topological polar surface area (TPSA) is 92.5 Å². The lowest BCUT2D eigenvalue weighted by atomic mass is 10.1. The first-order chi connectivity index (χ1) is 12.3. The minimum atomic E-state index is -3.82. The van der Waals surface area contributed by atoms with Crippen LogP contribution in [0, 0.1) is 17.0 Å². The lowest BCUT2D eigenvalue weighted by Gasteiger charge is -2.35. The molecule has 146 valence electrons. The molecule has 1 unspecified atom stereocenters. The number of piperazine rings is 1. The molecule has 10 heteroatoms. The molecule has 1 aliphatic heterocycles. The van der Waals surface area contributed by atoms with E-state index in [0.29, 0.717) is 30.2 Å². The zero-order valence-corrected chi connectivity index (χ0v) is 16.9. The van der Waals surface area contributed by atoms with Crippen molar-refractivity contribution in [2.24, 2.45) is 0 Å². The molecule has 1 N–H and O–H groups in total. The highest BCUT2D eigenvalue weighted by Gasteiger charge is 2.35. The Hall–Kier alpha value is -1.71. The van der Waals surface area contributed by atoms with Gasteiger partial charge in [-0.15, -0.1) is 12.4 Å². The van der Waals surface area contributed by atoms with Gasteiger partial charge >= 0.3 is 0 Å². The number of nitrogens with one attached hydrogen (secondary N) is 1. The molecule has 0 spiro atoms. The molecule has 2 aromatic carbocycles. The molecule has 0 saturated carbocycles. The SMILES string of the molecule is Cc1cc([N+](=O)[O-])ccc1S(=O)(=O)N1CCNCC1c1cccc(Cl)c1.Cl. The number of nitro groups is 1. The monoisotopic (exact) mass is 431 g/mol. The van der Waals surface area contributed by atoms with Gasteiger partial charge in [-0.2, -0.15) is 4.31 Å². The average molecular weight is 432 g/mol. The summed E-state index contributed by atoms with van der Waals surface area (Å²) in [5.41, 5.74) is 1.02. The van der Waals surface area contributed by atoms with Gasteiger partial charge in [-0.1, -0.05) is 23.7 Å². The molecule has 1 aliphatic rings. The molecule has 1 saturated heterocycles. The highest BCUT2D eigenvalue weighted by molar-refractivity contribution is 7.89. The number of hydrogen-bond acceptors (Lipinski definition) is 5. The predicted octanol–water partition coefficient (Wildman–Crippen LogP) is 3.31. The van der Waals surface area contributed by atoms with E-state index in [0.717, 1.165) is 5.56 Å². The van der Waals surface area contributed by atoms with E-state index in [4.69, 9.17) is 11.6 Å². The van der Waals surface area contributed by atoms with Crippen molar-refractivity contribution in [1.82, 2.24) is 9.62 Å². The third-order valence-electron chi connectivity index (χ3n) is 4.38. The van der Waals surface area contributed by atoms with Crippen molar-refractivity contribution >= 4 is 39.7 Å². The summed E-state index contributed by atoms with van der Waals surface area (Å²) in [5, 5.41) is 14.7. The van der Waals surface area contributed by atoms with Crippen molar-refractivity contribution < 1.29 is 13.3 Å². The van der Waals surface area contributed by atoms with Crippen LogP contribution in [-0.2, 0) is 10.0 Å². The van der Waals surface area contributed by atoms with Crippen molar-refractivity contribution in [2.45, 2.75) is 17.9 Å². The van der Waals surface area contributed by atoms with Crippen LogP contribution >= 0.6 is 24.0 Å². The summed E-state index contributed by atoms with van der Waals surface area (Å²) in [7, 11) is -3.82. The van der Waals surface area contributed by atoms with Gasteiger partial charge in [0.05, 0.1) is 15.9 Å². The quantitative estimate of drug-likeness (QED) is 0.591. The van der Waals surface area contributed by atoms with Crippen LogP contribution in [0.5, 0.6) is 0 Å². The van der Waals surface area contributed by atoms with E-state index < -0.39 is 21.0 Å². The minimum Gasteiger partial charge on any atom is -0.313 e. The fourth-order valence-electron chi connectivity index (χ4n) is 3.13. The highest BCUT2D eigenvalue weighted by Crippen LogP contribution is 2.32. The summed E-state index contributed by atoms with van der Waals surface area (Å²) in [4.78, 5) is 10.5. The van der Waals surface area contributed by atoms with Crippen molar-refractivity contribution in [3.8, 4) is 0 Å². The van der Waals surface area contributed by atoms with Gasteiger partial charge in [0.2, 0.25) is 10.0 Å². The van der Waals surface area contributed by atoms with Gasteiger partial charge in [-0.3, -0.25) is 10.1 Å². The van der Waals surface area contributed by atoms with E-state index in [1.54, 1.807) is 25.1 Å². The van der Waals surface area contributed by atoms with Crippen LogP contribution in [0.1, 0.15) is 17.2 Å². The molecule has 2 aromatic rings. The lowest BCUT2D eigenvalue weighted by molar-refractivity contribution is -0.385. The Kier molecular flexibility index (Phi) is 6.82. The average Bonchev–Trinajstić information content (AvgIpc) is 2.61. The number of sulfonamides is 1. The van der Waals surface area contributed by atoms with Crippen LogP contribution in [0.15, 0.2) is 47.4 Å². The number of rotatable bonds is 4. The second kappa shape index (κ2) is 8.53. The maximum Gasteiger partial charge on any atom is 0.269 e. The van der Waals surface area contributed by atoms with Gasteiger partial charge in [0.1, 0.15) is 0 Å². The lowest BCUT2D eigenvalue weighted by Crippen LogP contribution is -2.48. The van der Waals surface area contributed by atoms with Crippen LogP contribution in [-0.4, -0.2) is 37.3 Å². The van der Waals surface area contributed by atoms with Crippen LogP contribution in [0.3, 0.4) is 0 Å². The number of nitro benzene ring substituents is 1. The zero-order valence-electron chi connectivity index (χ0n) is 14.5. The van der Waals surface area contributed by atoms with Crippen LogP contribution in [0.4, 0.5) is 5.69 Å². The first-order valence-electron chi connectivity index (χ1n) is 8.04. The van der Waals surface area contributed by atoms with Gasteiger partial charge in [-0.05, 0) is 36.2 Å². The third kappa shape index (κ3) is 4.41. The standard InChI is InChI=1S/C17H18ClN3O4S.ClH/c1-12-9-15(21(22)23)5-6-17(12)26(24,25)20-8-7-19-11-16(20)13-3-2-4-14(18)10-13;/h2-6,9-10,16,19H,7-8,11H2,1H3;1H. The van der Waals surface area contributed by atoms with E-state index in [-0.39, 0.29) is 23.0 Å². The molecule has 0 amide bonds. The number of halogens is 2. The zero-order chi connectivity index (χ0) is 18.9. The molecule has 7 nitrogen and oxygen atoms in total. The van der Waals surface area contributed by atoms with E-state index >= 15 is 0 Å². The number of nitrogens with zero attached hydrogens (tertiary/aromatic N) is 2. The second-order valence-electron chi connectivity index (χ2n) is 6.10. The maximum atomic E-state index is 13.3. The molecule has 3 rings (SSSR count). The molecule has 1 fully saturated rings. The Morgan fingerprint density at radius 3 is 2.63 bits per heavy atom. The Bertz CT molecular complexity index is 953. The Balaban J connectivity index is 0.00000261. The normalized spacial score (nSPS) is 17.9. The van der Waals surface area contributed by atoms with Crippen molar-refractivity contribution in [3.05, 3.63) is 68.7 Å². The molecule has 0 aromatic heterocycles. The van der Waals surface area contributed by atoms with Gasteiger partial charge in [-0.25, -0.2) is 8.42 Å². The first kappa shape index (κ1) is 21.6. The molecule has 0 bridgehead atoms. The number of hydrogen-bond donors (Lipinski definition) is 1. The van der Waals surface area contributed by atoms with Crippen LogP contribution < -0.4 is 5.32 Å². The summed E-state index contributed by atoms with van der Waals surface area (Å²) in [6.45, 7) is 2.86. The maximum absolute atomic E-state index is 13.3. The largest absolute Gasteiger partial charge is 0.313 e. The molecule has 0 aliphatic carbocycles. The molecule has 0 radical (unpaired) electrons. The second-order valence-corrected chi connectivity index (χ2v) is 8.39. The van der Waals surface area contributed by atoms with E-state index in [1.165, 1.54) is 22.5 Å². The van der Waals surface area contributed by atoms with Crippen LogP contribution in [0.2, 0.25) is 5.02 Å².